The lowest BCUT2D eigenvalue weighted by atomic mass is 9.85. The number of allylic oxidation sites excluding steroid dienone is 2. The van der Waals surface area contributed by atoms with Gasteiger partial charge in [0.15, 0.2) is 5.96 Å². The molecule has 29 heavy (non-hydrogen) atoms. The first-order valence-electron chi connectivity index (χ1n) is 9.41. The largest absolute Gasteiger partial charge is 0.355 e. The van der Waals surface area contributed by atoms with Crippen LogP contribution in [0.2, 0.25) is 0 Å². The Kier molecular flexibility index (Phi) is 6.98. The Labute approximate surface area is 194 Å². The van der Waals surface area contributed by atoms with E-state index < -0.39 is 0 Å². The molecule has 1 heterocycles. The maximum Gasteiger partial charge on any atom is 0.233 e. The molecule has 1 saturated heterocycles. The molecule has 9 heteroatoms. The van der Waals surface area contributed by atoms with Crippen LogP contribution < -0.4 is 10.6 Å². The van der Waals surface area contributed by atoms with E-state index in [4.69, 9.17) is 0 Å². The number of benzene rings is 1. The average molecular weight is 577 g/mol. The molecule has 1 aliphatic heterocycles. The Morgan fingerprint density at radius 2 is 1.86 bits per heavy atom. The number of aliphatic imine (C=N–C) groups is 1. The highest BCUT2D eigenvalue weighted by Crippen LogP contribution is 2.52. The lowest BCUT2D eigenvalue weighted by molar-refractivity contribution is -0.140. The second-order valence-electron chi connectivity index (χ2n) is 7.42. The number of imide groups is 1. The van der Waals surface area contributed by atoms with Gasteiger partial charge in [-0.1, -0.05) is 28.1 Å². The highest BCUT2D eigenvalue weighted by molar-refractivity contribution is 14.0. The van der Waals surface area contributed by atoms with Gasteiger partial charge in [-0.3, -0.25) is 19.5 Å². The van der Waals surface area contributed by atoms with Gasteiger partial charge in [0.25, 0.3) is 0 Å². The third kappa shape index (κ3) is 4.21. The SMILES string of the molecule is CN=C(NCCN1C(=O)C2C3C=CC(C3)C2C1=O)NCc1cc(F)ccc1Br.I. The van der Waals surface area contributed by atoms with E-state index in [2.05, 4.69) is 43.7 Å². The molecule has 3 aliphatic rings. The zero-order chi connectivity index (χ0) is 19.8. The molecule has 4 rings (SSSR count). The van der Waals surface area contributed by atoms with E-state index in [1.807, 2.05) is 0 Å². The first-order chi connectivity index (χ1) is 13.5. The van der Waals surface area contributed by atoms with Crippen LogP contribution in [0.4, 0.5) is 4.39 Å². The Bertz CT molecular complexity index is 848. The summed E-state index contributed by atoms with van der Waals surface area (Å²) >= 11 is 3.40. The predicted octanol–water partition coefficient (Wildman–Crippen LogP) is 2.68. The Morgan fingerprint density at radius 3 is 2.48 bits per heavy atom. The normalized spacial score (nSPS) is 27.3. The highest BCUT2D eigenvalue weighted by Gasteiger charge is 2.58. The van der Waals surface area contributed by atoms with Crippen molar-refractivity contribution in [2.75, 3.05) is 20.1 Å². The van der Waals surface area contributed by atoms with Gasteiger partial charge < -0.3 is 10.6 Å². The van der Waals surface area contributed by atoms with Gasteiger partial charge in [0, 0.05) is 31.2 Å². The molecule has 1 saturated carbocycles. The summed E-state index contributed by atoms with van der Waals surface area (Å²) in [5.74, 6) is 0.267. The van der Waals surface area contributed by atoms with Gasteiger partial charge >= 0.3 is 0 Å². The van der Waals surface area contributed by atoms with Crippen molar-refractivity contribution in [3.63, 3.8) is 0 Å². The molecule has 4 unspecified atom stereocenters. The summed E-state index contributed by atoms with van der Waals surface area (Å²) in [6, 6.07) is 4.50. The number of rotatable bonds is 5. The first-order valence-corrected chi connectivity index (χ1v) is 10.2. The number of likely N-dealkylation sites (tertiary alicyclic amines) is 1. The number of guanidine groups is 1. The smallest absolute Gasteiger partial charge is 0.233 e. The molecule has 0 aromatic heterocycles. The van der Waals surface area contributed by atoms with Crippen LogP contribution in [-0.4, -0.2) is 42.8 Å². The molecule has 2 fully saturated rings. The number of amides is 2. The molecule has 2 bridgehead atoms. The van der Waals surface area contributed by atoms with Gasteiger partial charge in [-0.05, 0) is 42.0 Å². The lowest BCUT2D eigenvalue weighted by Gasteiger charge is -2.18. The van der Waals surface area contributed by atoms with E-state index >= 15 is 0 Å². The van der Waals surface area contributed by atoms with Crippen LogP contribution in [0, 0.1) is 29.5 Å². The maximum atomic E-state index is 13.4. The van der Waals surface area contributed by atoms with E-state index in [0.717, 1.165) is 16.5 Å². The van der Waals surface area contributed by atoms with Crippen molar-refractivity contribution in [3.05, 3.63) is 46.2 Å². The molecule has 2 aliphatic carbocycles. The van der Waals surface area contributed by atoms with Crippen LogP contribution in [0.5, 0.6) is 0 Å². The van der Waals surface area contributed by atoms with Gasteiger partial charge in [-0.2, -0.15) is 0 Å². The Hall–Kier alpha value is -1.49. The fraction of sp³-hybridized carbons (Fsp3) is 0.450. The van der Waals surface area contributed by atoms with E-state index in [-0.39, 0.29) is 65.3 Å². The van der Waals surface area contributed by atoms with Crippen molar-refractivity contribution in [2.45, 2.75) is 13.0 Å². The predicted molar refractivity (Wildman–Crippen MR) is 122 cm³/mol. The molecule has 4 atom stereocenters. The zero-order valence-electron chi connectivity index (χ0n) is 15.9. The summed E-state index contributed by atoms with van der Waals surface area (Å²) < 4.78 is 14.2. The summed E-state index contributed by atoms with van der Waals surface area (Å²) in [4.78, 5) is 30.9. The minimum absolute atomic E-state index is 0. The van der Waals surface area contributed by atoms with E-state index in [9.17, 15) is 14.0 Å². The third-order valence-electron chi connectivity index (χ3n) is 5.87. The number of nitrogens with one attached hydrogen (secondary N) is 2. The van der Waals surface area contributed by atoms with E-state index in [1.54, 1.807) is 13.1 Å². The zero-order valence-corrected chi connectivity index (χ0v) is 19.8. The van der Waals surface area contributed by atoms with E-state index in [0.29, 0.717) is 25.6 Å². The van der Waals surface area contributed by atoms with Gasteiger partial charge in [-0.15, -0.1) is 24.0 Å². The van der Waals surface area contributed by atoms with Crippen LogP contribution in [0.15, 0.2) is 39.8 Å². The van der Waals surface area contributed by atoms with Crippen molar-refractivity contribution in [1.29, 1.82) is 0 Å². The number of hydrogen-bond acceptors (Lipinski definition) is 3. The minimum atomic E-state index is -0.303. The molecule has 156 valence electrons. The number of carbonyl (C=O) groups excluding carboxylic acids is 2. The van der Waals surface area contributed by atoms with Crippen molar-refractivity contribution in [1.82, 2.24) is 15.5 Å². The Morgan fingerprint density at radius 1 is 1.21 bits per heavy atom. The van der Waals surface area contributed by atoms with Crippen LogP contribution in [0.3, 0.4) is 0 Å². The second kappa shape index (κ2) is 9.11. The van der Waals surface area contributed by atoms with Crippen molar-refractivity contribution >= 4 is 57.7 Å². The summed E-state index contributed by atoms with van der Waals surface area (Å²) in [6.07, 6.45) is 5.12. The summed E-state index contributed by atoms with van der Waals surface area (Å²) in [5.41, 5.74) is 0.767. The highest BCUT2D eigenvalue weighted by atomic mass is 127. The van der Waals surface area contributed by atoms with Gasteiger partial charge in [0.1, 0.15) is 5.82 Å². The lowest BCUT2D eigenvalue weighted by Crippen LogP contribution is -2.43. The molecular weight excluding hydrogens is 554 g/mol. The van der Waals surface area contributed by atoms with Crippen LogP contribution >= 0.6 is 39.9 Å². The fourth-order valence-corrected chi connectivity index (χ4v) is 4.94. The summed E-state index contributed by atoms with van der Waals surface area (Å²) in [7, 11) is 1.63. The second-order valence-corrected chi connectivity index (χ2v) is 8.27. The number of nitrogens with zero attached hydrogens (tertiary/aromatic N) is 2. The standard InChI is InChI=1S/C20H22BrFN4O2.HI/c1-23-20(25-10-13-9-14(22)4-5-15(13)21)24-6-7-26-18(27)16-11-2-3-12(8-11)17(16)19(26)28;/h2-5,9,11-12,16-17H,6-8,10H2,1H3,(H2,23,24,25);1H. The first kappa shape index (κ1) is 22.2. The Balaban J connectivity index is 0.00000240. The molecule has 1 aromatic carbocycles. The minimum Gasteiger partial charge on any atom is -0.355 e. The topological polar surface area (TPSA) is 73.8 Å². The van der Waals surface area contributed by atoms with Crippen molar-refractivity contribution in [2.24, 2.45) is 28.7 Å². The van der Waals surface area contributed by atoms with Gasteiger partial charge in [0.2, 0.25) is 11.8 Å². The maximum absolute atomic E-state index is 13.4. The summed E-state index contributed by atoms with van der Waals surface area (Å²) in [5, 5.41) is 6.22. The summed E-state index contributed by atoms with van der Waals surface area (Å²) in [6.45, 7) is 1.11. The van der Waals surface area contributed by atoms with Crippen molar-refractivity contribution in [3.8, 4) is 0 Å². The number of halogens is 3. The molecule has 2 amide bonds. The monoisotopic (exact) mass is 576 g/mol. The quantitative estimate of drug-likeness (QED) is 0.186. The molecule has 2 N–H and O–H groups in total. The number of carbonyl (C=O) groups is 2. The van der Waals surface area contributed by atoms with Crippen molar-refractivity contribution < 1.29 is 14.0 Å². The van der Waals surface area contributed by atoms with Crippen LogP contribution in [-0.2, 0) is 16.1 Å². The fourth-order valence-electron chi connectivity index (χ4n) is 4.55. The molecule has 6 nitrogen and oxygen atoms in total. The van der Waals surface area contributed by atoms with Gasteiger partial charge in [0.05, 0.1) is 11.8 Å². The average Bonchev–Trinajstić information content (AvgIpc) is 3.36. The van der Waals surface area contributed by atoms with Crippen LogP contribution in [0.25, 0.3) is 0 Å². The third-order valence-corrected chi connectivity index (χ3v) is 6.64. The molecule has 0 radical (unpaired) electrons. The molecule has 0 spiro atoms. The molecule has 1 aromatic rings. The van der Waals surface area contributed by atoms with Crippen LogP contribution in [0.1, 0.15) is 12.0 Å². The molecular formula is C20H23BrFIN4O2. The number of fused-ring (bicyclic) bond motifs is 5. The van der Waals surface area contributed by atoms with E-state index in [1.165, 1.54) is 17.0 Å². The number of hydrogen-bond donors (Lipinski definition) is 2. The van der Waals surface area contributed by atoms with Gasteiger partial charge in [-0.25, -0.2) is 4.39 Å².